The highest BCUT2D eigenvalue weighted by atomic mass is 32.2. The van der Waals surface area contributed by atoms with Crippen LogP contribution in [0, 0.1) is 0 Å². The molecule has 0 aliphatic carbocycles. The Morgan fingerprint density at radius 3 is 2.62 bits per heavy atom. The van der Waals surface area contributed by atoms with Crippen molar-refractivity contribution >= 4 is 22.9 Å². The van der Waals surface area contributed by atoms with Crippen molar-refractivity contribution in [1.29, 1.82) is 0 Å². The van der Waals surface area contributed by atoms with Gasteiger partial charge in [-0.15, -0.1) is 0 Å². The molecule has 144 valence electrons. The maximum atomic E-state index is 12.2. The summed E-state index contributed by atoms with van der Waals surface area (Å²) in [6.45, 7) is 4.13. The third-order valence-corrected chi connectivity index (χ3v) is 5.54. The Morgan fingerprint density at radius 2 is 2.00 bits per heavy atom. The number of nitrogens with zero attached hydrogens (tertiary/aromatic N) is 2. The van der Waals surface area contributed by atoms with Gasteiger partial charge in [-0.2, -0.15) is 0 Å². The molecule has 1 aromatic carbocycles. The zero-order chi connectivity index (χ0) is 18.8. The lowest BCUT2D eigenvalue weighted by Crippen LogP contribution is -2.50. The number of rotatable bonds is 6. The lowest BCUT2D eigenvalue weighted by Gasteiger charge is -2.32. The predicted molar refractivity (Wildman–Crippen MR) is 104 cm³/mol. The molecular weight excluding hydrogens is 352 g/mol. The lowest BCUT2D eigenvalue weighted by atomic mass is 10.1. The van der Waals surface area contributed by atoms with Crippen LogP contribution in [0.25, 0.3) is 0 Å². The third-order valence-electron chi connectivity index (χ3n) is 4.17. The van der Waals surface area contributed by atoms with Gasteiger partial charge in [0.2, 0.25) is 0 Å². The van der Waals surface area contributed by atoms with Gasteiger partial charge in [0.05, 0.1) is 17.4 Å². The first kappa shape index (κ1) is 20.2. The number of hydrogen-bond donors (Lipinski definition) is 2. The summed E-state index contributed by atoms with van der Waals surface area (Å²) in [6, 6.07) is 9.71. The van der Waals surface area contributed by atoms with Gasteiger partial charge in [-0.25, -0.2) is 4.79 Å². The topological polar surface area (TPSA) is 83.0 Å². The molecule has 0 aromatic heterocycles. The monoisotopic (exact) mass is 380 g/mol. The van der Waals surface area contributed by atoms with Gasteiger partial charge in [-0.1, -0.05) is 18.2 Å². The van der Waals surface area contributed by atoms with Crippen LogP contribution < -0.4 is 10.6 Å². The first-order valence-corrected chi connectivity index (χ1v) is 10.3. The first-order chi connectivity index (χ1) is 12.6. The second-order valence-corrected chi connectivity index (χ2v) is 7.54. The van der Waals surface area contributed by atoms with Crippen LogP contribution in [0.4, 0.5) is 4.79 Å². The molecule has 1 saturated heterocycles. The van der Waals surface area contributed by atoms with E-state index in [4.69, 9.17) is 4.74 Å². The van der Waals surface area contributed by atoms with Gasteiger partial charge in [0.1, 0.15) is 0 Å². The first-order valence-electron chi connectivity index (χ1n) is 8.96. The van der Waals surface area contributed by atoms with Crippen molar-refractivity contribution in [2.75, 3.05) is 39.0 Å². The summed E-state index contributed by atoms with van der Waals surface area (Å²) < 4.78 is 17.3. The number of likely N-dealkylation sites (tertiary alicyclic amines) is 1. The molecular formula is C18H28N4O3S. The largest absolute Gasteiger partial charge is 0.450 e. The Hall–Kier alpha value is -2.09. The summed E-state index contributed by atoms with van der Waals surface area (Å²) in [5.74, 6) is 1.22. The van der Waals surface area contributed by atoms with Gasteiger partial charge in [-0.3, -0.25) is 9.20 Å². The minimum absolute atomic E-state index is 0.239. The molecule has 1 atom stereocenters. The van der Waals surface area contributed by atoms with E-state index in [1.807, 2.05) is 37.3 Å². The van der Waals surface area contributed by atoms with Gasteiger partial charge in [0.15, 0.2) is 5.96 Å². The molecule has 0 spiro atoms. The van der Waals surface area contributed by atoms with E-state index in [1.54, 1.807) is 11.9 Å². The predicted octanol–water partition coefficient (Wildman–Crippen LogP) is 1.58. The van der Waals surface area contributed by atoms with Crippen LogP contribution in [0.15, 0.2) is 40.2 Å². The van der Waals surface area contributed by atoms with E-state index in [-0.39, 0.29) is 12.1 Å². The molecule has 1 heterocycles. The number of carbonyl (C=O) groups excluding carboxylic acids is 1. The number of aliphatic imine (C=N–C) groups is 1. The van der Waals surface area contributed by atoms with Crippen LogP contribution in [-0.4, -0.2) is 66.2 Å². The second-order valence-electron chi connectivity index (χ2n) is 5.97. The molecule has 0 bridgehead atoms. The maximum absolute atomic E-state index is 12.2. The average Bonchev–Trinajstić information content (AvgIpc) is 2.68. The molecule has 1 aliphatic rings. The Labute approximate surface area is 157 Å². The number of piperidine rings is 1. The summed E-state index contributed by atoms with van der Waals surface area (Å²) >= 11 is 0. The van der Waals surface area contributed by atoms with Crippen molar-refractivity contribution in [3.05, 3.63) is 30.3 Å². The van der Waals surface area contributed by atoms with Crippen LogP contribution in [0.5, 0.6) is 0 Å². The van der Waals surface area contributed by atoms with Gasteiger partial charge < -0.3 is 20.3 Å². The fraction of sp³-hybridized carbons (Fsp3) is 0.556. The summed E-state index contributed by atoms with van der Waals surface area (Å²) in [7, 11) is 0.695. The van der Waals surface area contributed by atoms with Crippen LogP contribution in [0.2, 0.25) is 0 Å². The molecule has 1 fully saturated rings. The summed E-state index contributed by atoms with van der Waals surface area (Å²) in [5.41, 5.74) is 0. The highest BCUT2D eigenvalue weighted by Gasteiger charge is 2.24. The van der Waals surface area contributed by atoms with Gasteiger partial charge in [0, 0.05) is 43.4 Å². The molecule has 7 nitrogen and oxygen atoms in total. The summed E-state index contributed by atoms with van der Waals surface area (Å²) in [4.78, 5) is 18.5. The van der Waals surface area contributed by atoms with Gasteiger partial charge in [0.25, 0.3) is 0 Å². The SMILES string of the molecule is CCOC(=O)N1CCC(NC(=NC)NCCS(=O)c2ccccc2)CC1. The van der Waals surface area contributed by atoms with E-state index in [0.717, 1.165) is 17.7 Å². The highest BCUT2D eigenvalue weighted by Crippen LogP contribution is 2.11. The number of benzene rings is 1. The van der Waals surface area contributed by atoms with Crippen molar-refractivity contribution in [3.8, 4) is 0 Å². The quantitative estimate of drug-likeness (QED) is 0.578. The summed E-state index contributed by atoms with van der Waals surface area (Å²) in [5, 5.41) is 6.58. The van der Waals surface area contributed by atoms with E-state index in [1.165, 1.54) is 0 Å². The zero-order valence-electron chi connectivity index (χ0n) is 15.4. The lowest BCUT2D eigenvalue weighted by molar-refractivity contribution is 0.0963. The van der Waals surface area contributed by atoms with Crippen LogP contribution in [0.3, 0.4) is 0 Å². The Bertz CT molecular complexity index is 616. The maximum Gasteiger partial charge on any atom is 0.409 e. The normalized spacial score (nSPS) is 16.8. The fourth-order valence-electron chi connectivity index (χ4n) is 2.76. The molecule has 2 rings (SSSR count). The Morgan fingerprint density at radius 1 is 1.31 bits per heavy atom. The minimum atomic E-state index is -1.02. The van der Waals surface area contributed by atoms with E-state index in [9.17, 15) is 9.00 Å². The summed E-state index contributed by atoms with van der Waals surface area (Å²) in [6.07, 6.45) is 1.45. The molecule has 26 heavy (non-hydrogen) atoms. The minimum Gasteiger partial charge on any atom is -0.450 e. The number of hydrogen-bond acceptors (Lipinski definition) is 4. The molecule has 0 saturated carbocycles. The standard InChI is InChI=1S/C18H28N4O3S/c1-3-25-18(23)22-12-9-15(10-13-22)21-17(19-2)20-11-14-26(24)16-7-5-4-6-8-16/h4-8,15H,3,9-14H2,1-2H3,(H2,19,20,21). The van der Waals surface area contributed by atoms with Gasteiger partial charge >= 0.3 is 6.09 Å². The highest BCUT2D eigenvalue weighted by molar-refractivity contribution is 7.85. The number of ether oxygens (including phenoxy) is 1. The Kier molecular flexibility index (Phi) is 8.40. The van der Waals surface area contributed by atoms with Crippen LogP contribution in [0.1, 0.15) is 19.8 Å². The Balaban J connectivity index is 1.70. The number of nitrogens with one attached hydrogen (secondary N) is 2. The fourth-order valence-corrected chi connectivity index (χ4v) is 3.75. The van der Waals surface area contributed by atoms with Crippen molar-refractivity contribution in [3.63, 3.8) is 0 Å². The molecule has 1 amide bonds. The van der Waals surface area contributed by atoms with Crippen molar-refractivity contribution < 1.29 is 13.7 Å². The van der Waals surface area contributed by atoms with Gasteiger partial charge in [-0.05, 0) is 31.9 Å². The van der Waals surface area contributed by atoms with Crippen LogP contribution in [-0.2, 0) is 15.5 Å². The van der Waals surface area contributed by atoms with Crippen LogP contribution >= 0.6 is 0 Å². The van der Waals surface area contributed by atoms with E-state index in [2.05, 4.69) is 15.6 Å². The molecule has 1 unspecified atom stereocenters. The van der Waals surface area contributed by atoms with Crippen molar-refractivity contribution in [1.82, 2.24) is 15.5 Å². The van der Waals surface area contributed by atoms with E-state index >= 15 is 0 Å². The molecule has 2 N–H and O–H groups in total. The molecule has 1 aromatic rings. The van der Waals surface area contributed by atoms with E-state index in [0.29, 0.717) is 38.0 Å². The number of carbonyl (C=O) groups is 1. The average molecular weight is 381 g/mol. The smallest absolute Gasteiger partial charge is 0.409 e. The number of amides is 1. The number of guanidine groups is 1. The molecule has 1 aliphatic heterocycles. The third kappa shape index (κ3) is 6.33. The van der Waals surface area contributed by atoms with Crippen molar-refractivity contribution in [2.24, 2.45) is 4.99 Å². The molecule has 8 heteroatoms. The van der Waals surface area contributed by atoms with E-state index < -0.39 is 10.8 Å². The van der Waals surface area contributed by atoms with Crippen molar-refractivity contribution in [2.45, 2.75) is 30.7 Å². The second kappa shape index (κ2) is 10.8. The zero-order valence-corrected chi connectivity index (χ0v) is 16.3. The molecule has 0 radical (unpaired) electrons.